The Balaban J connectivity index is 2.13. The summed E-state index contributed by atoms with van der Waals surface area (Å²) in [6.07, 6.45) is 1.61. The summed E-state index contributed by atoms with van der Waals surface area (Å²) >= 11 is 0. The predicted octanol–water partition coefficient (Wildman–Crippen LogP) is 2.08. The van der Waals surface area contributed by atoms with Crippen LogP contribution in [0.4, 0.5) is 11.4 Å². The zero-order chi connectivity index (χ0) is 10.4. The fraction of sp³-hybridized carbons (Fsp3) is 0.200. The highest BCUT2D eigenvalue weighted by molar-refractivity contribution is 5.69. The molecule has 1 aromatic rings. The third kappa shape index (κ3) is 1.09. The number of anilines is 2. The van der Waals surface area contributed by atoms with Crippen molar-refractivity contribution in [2.75, 3.05) is 10.6 Å². The van der Waals surface area contributed by atoms with Crippen molar-refractivity contribution in [1.29, 1.82) is 0 Å². The van der Waals surface area contributed by atoms with Gasteiger partial charge in [-0.2, -0.15) is 5.11 Å². The number of ether oxygens (including phenoxy) is 1. The molecule has 2 aliphatic rings. The van der Waals surface area contributed by atoms with Crippen LogP contribution in [0.2, 0.25) is 0 Å². The summed E-state index contributed by atoms with van der Waals surface area (Å²) in [4.78, 5) is 2.01. The Bertz CT molecular complexity index is 480. The van der Waals surface area contributed by atoms with Gasteiger partial charge in [0.15, 0.2) is 11.6 Å². The summed E-state index contributed by atoms with van der Waals surface area (Å²) in [6.45, 7) is 1.98. The van der Waals surface area contributed by atoms with Gasteiger partial charge >= 0.3 is 0 Å². The van der Waals surface area contributed by atoms with Crippen molar-refractivity contribution in [3.63, 3.8) is 0 Å². The molecule has 0 bridgehead atoms. The zero-order valence-corrected chi connectivity index (χ0v) is 8.21. The van der Waals surface area contributed by atoms with Crippen LogP contribution in [0.15, 0.2) is 40.5 Å². The Morgan fingerprint density at radius 3 is 3.20 bits per heavy atom. The van der Waals surface area contributed by atoms with Crippen molar-refractivity contribution in [3.8, 4) is 5.75 Å². The second-order valence-corrected chi connectivity index (χ2v) is 3.54. The lowest BCUT2D eigenvalue weighted by Gasteiger charge is -2.27. The van der Waals surface area contributed by atoms with Gasteiger partial charge in [0.25, 0.3) is 0 Å². The first-order chi connectivity index (χ1) is 7.25. The van der Waals surface area contributed by atoms with E-state index < -0.39 is 0 Å². The molecule has 5 heteroatoms. The van der Waals surface area contributed by atoms with Crippen molar-refractivity contribution in [1.82, 2.24) is 0 Å². The summed E-state index contributed by atoms with van der Waals surface area (Å²) in [5, 5.41) is 8.09. The van der Waals surface area contributed by atoms with Crippen molar-refractivity contribution in [3.05, 3.63) is 30.3 Å². The smallest absolute Gasteiger partial charge is 0.192 e. The van der Waals surface area contributed by atoms with Crippen LogP contribution in [0, 0.1) is 0 Å². The fourth-order valence-electron chi connectivity index (χ4n) is 1.78. The first-order valence-electron chi connectivity index (χ1n) is 4.72. The molecule has 0 fully saturated rings. The number of hydrogen-bond donors (Lipinski definition) is 1. The van der Waals surface area contributed by atoms with Crippen molar-refractivity contribution in [2.45, 2.75) is 13.1 Å². The van der Waals surface area contributed by atoms with Gasteiger partial charge in [0.05, 0.1) is 5.69 Å². The Morgan fingerprint density at radius 1 is 1.47 bits per heavy atom. The molecule has 2 heterocycles. The molecule has 0 aliphatic carbocycles. The first kappa shape index (κ1) is 8.28. The van der Waals surface area contributed by atoms with E-state index in [9.17, 15) is 0 Å². The second-order valence-electron chi connectivity index (χ2n) is 3.54. The molecule has 1 aromatic carbocycles. The van der Waals surface area contributed by atoms with Crippen LogP contribution >= 0.6 is 0 Å². The van der Waals surface area contributed by atoms with Crippen LogP contribution in [-0.2, 0) is 0 Å². The lowest BCUT2D eigenvalue weighted by molar-refractivity contribution is 0.460. The number of rotatable bonds is 0. The Morgan fingerprint density at radius 2 is 2.33 bits per heavy atom. The maximum absolute atomic E-state index is 5.69. The molecular formula is C10H10N4O. The summed E-state index contributed by atoms with van der Waals surface area (Å²) in [5.41, 5.74) is 7.33. The number of nitrogens with zero attached hydrogens (tertiary/aromatic N) is 3. The van der Waals surface area contributed by atoms with E-state index in [4.69, 9.17) is 10.5 Å². The Kier molecular flexibility index (Phi) is 1.50. The number of fused-ring (bicyclic) bond motifs is 3. The average molecular weight is 202 g/mol. The van der Waals surface area contributed by atoms with Gasteiger partial charge in [-0.1, -0.05) is 0 Å². The molecule has 2 N–H and O–H groups in total. The summed E-state index contributed by atoms with van der Waals surface area (Å²) in [6, 6.07) is 5.56. The van der Waals surface area contributed by atoms with Crippen LogP contribution in [0.1, 0.15) is 6.92 Å². The van der Waals surface area contributed by atoms with Gasteiger partial charge in [0, 0.05) is 11.8 Å². The number of azo groups is 1. The van der Waals surface area contributed by atoms with Crippen LogP contribution < -0.4 is 15.4 Å². The van der Waals surface area contributed by atoms with Gasteiger partial charge in [-0.05, 0) is 19.1 Å². The highest BCUT2D eigenvalue weighted by atomic mass is 16.5. The second kappa shape index (κ2) is 2.73. The molecule has 0 saturated heterocycles. The van der Waals surface area contributed by atoms with E-state index >= 15 is 0 Å². The van der Waals surface area contributed by atoms with Crippen molar-refractivity contribution in [2.24, 2.45) is 10.2 Å². The maximum atomic E-state index is 5.69. The van der Waals surface area contributed by atoms with E-state index in [2.05, 4.69) is 10.2 Å². The van der Waals surface area contributed by atoms with Crippen LogP contribution in [0.25, 0.3) is 0 Å². The number of nitrogen functional groups attached to an aromatic ring is 1. The summed E-state index contributed by atoms with van der Waals surface area (Å²) < 4.78 is 5.43. The molecular weight excluding hydrogens is 192 g/mol. The fourth-order valence-corrected chi connectivity index (χ4v) is 1.78. The molecule has 5 nitrogen and oxygen atoms in total. The van der Waals surface area contributed by atoms with Crippen LogP contribution in [0.5, 0.6) is 5.75 Å². The van der Waals surface area contributed by atoms with E-state index in [0.29, 0.717) is 5.69 Å². The quantitative estimate of drug-likeness (QED) is 0.655. The third-order valence-electron chi connectivity index (χ3n) is 2.48. The first-order valence-corrected chi connectivity index (χ1v) is 4.72. The number of hydrogen-bond acceptors (Lipinski definition) is 5. The molecule has 0 spiro atoms. The highest BCUT2D eigenvalue weighted by Gasteiger charge is 2.29. The van der Waals surface area contributed by atoms with E-state index in [0.717, 1.165) is 17.3 Å². The molecule has 1 atom stereocenters. The molecule has 2 aliphatic heterocycles. The minimum absolute atomic E-state index is 0.0162. The molecule has 15 heavy (non-hydrogen) atoms. The SMILES string of the molecule is CC1N=NC2=COc3cc(N)ccc3N21. The van der Waals surface area contributed by atoms with Crippen molar-refractivity contribution >= 4 is 11.4 Å². The standard InChI is InChI=1S/C10H10N4O/c1-6-12-13-10-5-15-9-4-7(11)2-3-8(9)14(6)10/h2-6H,11H2,1H3. The van der Waals surface area contributed by atoms with Gasteiger partial charge in [-0.15, -0.1) is 5.11 Å². The molecule has 76 valence electrons. The third-order valence-corrected chi connectivity index (χ3v) is 2.48. The maximum Gasteiger partial charge on any atom is 0.192 e. The van der Waals surface area contributed by atoms with Gasteiger partial charge < -0.3 is 10.5 Å². The highest BCUT2D eigenvalue weighted by Crippen LogP contribution is 2.40. The van der Waals surface area contributed by atoms with Crippen LogP contribution in [0.3, 0.4) is 0 Å². The lowest BCUT2D eigenvalue weighted by Crippen LogP contribution is -2.28. The predicted molar refractivity (Wildman–Crippen MR) is 56.4 cm³/mol. The molecule has 0 saturated carbocycles. The number of nitrogens with two attached hydrogens (primary N) is 1. The topological polar surface area (TPSA) is 63.2 Å². The summed E-state index contributed by atoms with van der Waals surface area (Å²) in [5.74, 6) is 1.48. The largest absolute Gasteiger partial charge is 0.459 e. The molecule has 0 radical (unpaired) electrons. The summed E-state index contributed by atoms with van der Waals surface area (Å²) in [7, 11) is 0. The van der Waals surface area contributed by atoms with Gasteiger partial charge in [-0.3, -0.25) is 4.90 Å². The monoisotopic (exact) mass is 202 g/mol. The van der Waals surface area contributed by atoms with Crippen LogP contribution in [-0.4, -0.2) is 6.17 Å². The normalized spacial score (nSPS) is 21.8. The molecule has 0 amide bonds. The van der Waals surface area contributed by atoms with Gasteiger partial charge in [-0.25, -0.2) is 0 Å². The molecule has 0 aromatic heterocycles. The van der Waals surface area contributed by atoms with E-state index in [1.807, 2.05) is 24.0 Å². The van der Waals surface area contributed by atoms with E-state index in [1.165, 1.54) is 0 Å². The number of benzene rings is 1. The average Bonchev–Trinajstić information content (AvgIpc) is 2.60. The molecule has 1 unspecified atom stereocenters. The Labute approximate surface area is 86.8 Å². The van der Waals surface area contributed by atoms with Crippen molar-refractivity contribution < 1.29 is 4.74 Å². The molecule has 3 rings (SSSR count). The minimum atomic E-state index is 0.0162. The van der Waals surface area contributed by atoms with E-state index in [-0.39, 0.29) is 6.17 Å². The van der Waals surface area contributed by atoms with Gasteiger partial charge in [0.1, 0.15) is 12.4 Å². The lowest BCUT2D eigenvalue weighted by atomic mass is 10.2. The van der Waals surface area contributed by atoms with E-state index in [1.54, 1.807) is 12.3 Å². The zero-order valence-electron chi connectivity index (χ0n) is 8.21. The Hall–Kier alpha value is -2.04. The minimum Gasteiger partial charge on any atom is -0.459 e. The van der Waals surface area contributed by atoms with Gasteiger partial charge in [0.2, 0.25) is 0 Å².